The summed E-state index contributed by atoms with van der Waals surface area (Å²) in [6.07, 6.45) is 1.89. The average Bonchev–Trinajstić information content (AvgIpc) is 3.74. The Labute approximate surface area is 320 Å². The van der Waals surface area contributed by atoms with E-state index in [9.17, 15) is 0 Å². The predicted octanol–water partition coefficient (Wildman–Crippen LogP) is 12.6. The first-order valence-electron chi connectivity index (χ1n) is 18.8. The highest BCUT2D eigenvalue weighted by atomic mass is 14.9. The number of rotatable bonds is 5. The van der Waals surface area contributed by atoms with E-state index in [1.807, 2.05) is 36.5 Å². The van der Waals surface area contributed by atoms with Crippen molar-refractivity contribution in [2.75, 3.05) is 0 Å². The van der Waals surface area contributed by atoms with Crippen LogP contribution in [0, 0.1) is 0 Å². The standard InChI is InChI=1S/C52H33N3/c1-3-15-34(16-4-1)36-19-13-20-37(31-36)48-33-49(55-51(54-48)35-17-5-2-6-18-35)43-24-14-30-53-50(43)38-28-29-42-41-23-9-12-27-46(41)52(47(42)32-38)44-25-10-7-21-39(44)40-22-8-11-26-45(40)52/h1-33H. The van der Waals surface area contributed by atoms with Crippen molar-refractivity contribution in [3.63, 3.8) is 0 Å². The van der Waals surface area contributed by atoms with E-state index in [0.717, 1.165) is 44.9 Å². The molecule has 0 unspecified atom stereocenters. The molecule has 0 N–H and O–H groups in total. The van der Waals surface area contributed by atoms with Gasteiger partial charge in [-0.2, -0.15) is 0 Å². The molecule has 0 fully saturated rings. The van der Waals surface area contributed by atoms with Crippen LogP contribution in [-0.4, -0.2) is 15.0 Å². The first kappa shape index (κ1) is 31.3. The SMILES string of the molecule is c1ccc(-c2cccc(-c3cc(-c4cccnc4-c4ccc5c(c4)C4(c6ccccc6-c6ccccc64)c4ccccc4-5)nc(-c4ccccc4)n3)c2)cc1. The summed E-state index contributed by atoms with van der Waals surface area (Å²) < 4.78 is 0. The van der Waals surface area contributed by atoms with E-state index in [1.165, 1.54) is 50.1 Å². The van der Waals surface area contributed by atoms with E-state index in [4.69, 9.17) is 15.0 Å². The molecule has 7 aromatic carbocycles. The lowest BCUT2D eigenvalue weighted by Gasteiger charge is -2.30. The van der Waals surface area contributed by atoms with Gasteiger partial charge >= 0.3 is 0 Å². The fraction of sp³-hybridized carbons (Fsp3) is 0.0192. The fourth-order valence-electron chi connectivity index (χ4n) is 9.02. The number of pyridine rings is 1. The van der Waals surface area contributed by atoms with Crippen LogP contribution in [0.3, 0.4) is 0 Å². The molecular weight excluding hydrogens is 667 g/mol. The number of aromatic nitrogens is 3. The summed E-state index contributed by atoms with van der Waals surface area (Å²) >= 11 is 0. The van der Waals surface area contributed by atoms with Gasteiger partial charge in [0.1, 0.15) is 0 Å². The predicted molar refractivity (Wildman–Crippen MR) is 223 cm³/mol. The van der Waals surface area contributed by atoms with Gasteiger partial charge in [-0.3, -0.25) is 4.98 Å². The van der Waals surface area contributed by atoms with Crippen molar-refractivity contribution in [2.24, 2.45) is 0 Å². The van der Waals surface area contributed by atoms with Crippen molar-refractivity contribution >= 4 is 0 Å². The Balaban J connectivity index is 1.11. The maximum atomic E-state index is 5.25. The van der Waals surface area contributed by atoms with Gasteiger partial charge < -0.3 is 0 Å². The Kier molecular flexibility index (Phi) is 7.08. The maximum absolute atomic E-state index is 5.25. The Hall–Kier alpha value is -7.23. The molecule has 1 spiro atoms. The molecule has 256 valence electrons. The van der Waals surface area contributed by atoms with Crippen molar-refractivity contribution in [1.82, 2.24) is 15.0 Å². The molecule has 2 aromatic heterocycles. The van der Waals surface area contributed by atoms with Crippen LogP contribution in [0.5, 0.6) is 0 Å². The Morgan fingerprint density at radius 1 is 0.309 bits per heavy atom. The number of hydrogen-bond acceptors (Lipinski definition) is 3. The monoisotopic (exact) mass is 699 g/mol. The fourth-order valence-corrected chi connectivity index (χ4v) is 9.02. The largest absolute Gasteiger partial charge is 0.256 e. The number of nitrogens with zero attached hydrogens (tertiary/aromatic N) is 3. The lowest BCUT2D eigenvalue weighted by atomic mass is 9.70. The molecule has 3 heteroatoms. The summed E-state index contributed by atoms with van der Waals surface area (Å²) in [6.45, 7) is 0. The van der Waals surface area contributed by atoms with Crippen molar-refractivity contribution < 1.29 is 0 Å². The summed E-state index contributed by atoms with van der Waals surface area (Å²) in [5.74, 6) is 0.676. The molecule has 2 aliphatic rings. The zero-order chi connectivity index (χ0) is 36.3. The van der Waals surface area contributed by atoms with E-state index in [2.05, 4.69) is 164 Å². The zero-order valence-corrected chi connectivity index (χ0v) is 29.9. The van der Waals surface area contributed by atoms with E-state index >= 15 is 0 Å². The van der Waals surface area contributed by atoms with Crippen LogP contribution in [0.25, 0.3) is 78.5 Å². The molecule has 0 aliphatic heterocycles. The van der Waals surface area contributed by atoms with Gasteiger partial charge in [0, 0.05) is 28.5 Å². The molecule has 11 rings (SSSR count). The molecule has 2 heterocycles. The Morgan fingerprint density at radius 2 is 0.836 bits per heavy atom. The minimum Gasteiger partial charge on any atom is -0.256 e. The molecule has 0 atom stereocenters. The van der Waals surface area contributed by atoms with Gasteiger partial charge in [-0.25, -0.2) is 9.97 Å². The van der Waals surface area contributed by atoms with Crippen LogP contribution in [0.4, 0.5) is 0 Å². The Bertz CT molecular complexity index is 2870. The minimum atomic E-state index is -0.434. The first-order valence-corrected chi connectivity index (χ1v) is 18.8. The molecule has 0 radical (unpaired) electrons. The first-order chi connectivity index (χ1) is 27.3. The molecule has 0 amide bonds. The summed E-state index contributed by atoms with van der Waals surface area (Å²) in [5, 5.41) is 0. The summed E-state index contributed by atoms with van der Waals surface area (Å²) in [5.41, 5.74) is 18.8. The van der Waals surface area contributed by atoms with Gasteiger partial charge in [0.2, 0.25) is 0 Å². The van der Waals surface area contributed by atoms with Gasteiger partial charge in [0.15, 0.2) is 5.82 Å². The molecule has 0 saturated heterocycles. The average molecular weight is 700 g/mol. The minimum absolute atomic E-state index is 0.434. The van der Waals surface area contributed by atoms with E-state index in [0.29, 0.717) is 5.82 Å². The van der Waals surface area contributed by atoms with Gasteiger partial charge in [-0.15, -0.1) is 0 Å². The van der Waals surface area contributed by atoms with Gasteiger partial charge in [0.05, 0.1) is 22.5 Å². The topological polar surface area (TPSA) is 38.7 Å². The highest BCUT2D eigenvalue weighted by molar-refractivity contribution is 5.96. The molecule has 3 nitrogen and oxygen atoms in total. The second-order valence-electron chi connectivity index (χ2n) is 14.3. The third-order valence-electron chi connectivity index (χ3n) is 11.4. The van der Waals surface area contributed by atoms with Gasteiger partial charge in [-0.05, 0) is 86.0 Å². The summed E-state index contributed by atoms with van der Waals surface area (Å²) in [4.78, 5) is 15.5. The second-order valence-corrected chi connectivity index (χ2v) is 14.3. The molecule has 55 heavy (non-hydrogen) atoms. The second kappa shape index (κ2) is 12.4. The van der Waals surface area contributed by atoms with Crippen LogP contribution in [-0.2, 0) is 5.41 Å². The van der Waals surface area contributed by atoms with Crippen LogP contribution >= 0.6 is 0 Å². The summed E-state index contributed by atoms with van der Waals surface area (Å²) in [6, 6.07) is 69.3. The highest BCUT2D eigenvalue weighted by Crippen LogP contribution is 2.63. The lowest BCUT2D eigenvalue weighted by Crippen LogP contribution is -2.25. The van der Waals surface area contributed by atoms with Crippen molar-refractivity contribution in [3.05, 3.63) is 223 Å². The number of benzene rings is 7. The third-order valence-corrected chi connectivity index (χ3v) is 11.4. The lowest BCUT2D eigenvalue weighted by molar-refractivity contribution is 0.794. The highest BCUT2D eigenvalue weighted by Gasteiger charge is 2.51. The van der Waals surface area contributed by atoms with Crippen molar-refractivity contribution in [3.8, 4) is 78.5 Å². The molecule has 0 saturated carbocycles. The molecular formula is C52H33N3. The van der Waals surface area contributed by atoms with Gasteiger partial charge in [-0.1, -0.05) is 164 Å². The van der Waals surface area contributed by atoms with Crippen LogP contribution in [0.15, 0.2) is 200 Å². The smallest absolute Gasteiger partial charge is 0.160 e. The van der Waals surface area contributed by atoms with Crippen molar-refractivity contribution in [1.29, 1.82) is 0 Å². The molecule has 9 aromatic rings. The van der Waals surface area contributed by atoms with E-state index in [-0.39, 0.29) is 0 Å². The number of hydrogen-bond donors (Lipinski definition) is 0. The van der Waals surface area contributed by atoms with Crippen LogP contribution < -0.4 is 0 Å². The zero-order valence-electron chi connectivity index (χ0n) is 29.9. The van der Waals surface area contributed by atoms with Gasteiger partial charge in [0.25, 0.3) is 0 Å². The number of fused-ring (bicyclic) bond motifs is 10. The maximum Gasteiger partial charge on any atom is 0.160 e. The normalized spacial score (nSPS) is 12.9. The van der Waals surface area contributed by atoms with E-state index in [1.54, 1.807) is 0 Å². The third kappa shape index (κ3) is 4.80. The molecule has 2 aliphatic carbocycles. The Morgan fingerprint density at radius 3 is 1.51 bits per heavy atom. The summed E-state index contributed by atoms with van der Waals surface area (Å²) in [7, 11) is 0. The quantitative estimate of drug-likeness (QED) is 0.179. The van der Waals surface area contributed by atoms with E-state index < -0.39 is 5.41 Å². The van der Waals surface area contributed by atoms with Crippen LogP contribution in [0.1, 0.15) is 22.3 Å². The van der Waals surface area contributed by atoms with Crippen molar-refractivity contribution in [2.45, 2.75) is 5.41 Å². The van der Waals surface area contributed by atoms with Crippen LogP contribution in [0.2, 0.25) is 0 Å². The molecule has 0 bridgehead atoms.